The van der Waals surface area contributed by atoms with Crippen LogP contribution in [0, 0.1) is 5.92 Å². The van der Waals surface area contributed by atoms with Gasteiger partial charge in [-0.25, -0.2) is 15.0 Å². The molecule has 1 N–H and O–H groups in total. The third-order valence-corrected chi connectivity index (χ3v) is 5.60. The summed E-state index contributed by atoms with van der Waals surface area (Å²) in [6, 6.07) is 10.9. The van der Waals surface area contributed by atoms with E-state index in [2.05, 4.69) is 70.2 Å². The molecule has 2 aliphatic rings. The minimum absolute atomic E-state index is 0.352. The van der Waals surface area contributed by atoms with E-state index in [1.807, 2.05) is 11.1 Å². The first-order valence-electron chi connectivity index (χ1n) is 10.1. The fourth-order valence-corrected chi connectivity index (χ4v) is 3.83. The van der Waals surface area contributed by atoms with Crippen molar-refractivity contribution < 1.29 is 4.84 Å². The van der Waals surface area contributed by atoms with E-state index in [0.29, 0.717) is 12.0 Å². The van der Waals surface area contributed by atoms with Crippen LogP contribution in [-0.4, -0.2) is 60.7 Å². The molecule has 1 atom stereocenters. The van der Waals surface area contributed by atoms with Gasteiger partial charge < -0.3 is 15.1 Å². The van der Waals surface area contributed by atoms with Crippen molar-refractivity contribution in [2.45, 2.75) is 26.3 Å². The summed E-state index contributed by atoms with van der Waals surface area (Å²) in [5.74, 6) is 2.09. The number of piperazine rings is 1. The quantitative estimate of drug-likeness (QED) is 0.852. The average Bonchev–Trinajstić information content (AvgIpc) is 3.20. The minimum atomic E-state index is 0.352. The van der Waals surface area contributed by atoms with E-state index in [1.54, 1.807) is 6.33 Å². The van der Waals surface area contributed by atoms with E-state index < -0.39 is 0 Å². The molecule has 0 radical (unpaired) electrons. The maximum Gasteiger partial charge on any atom is 0.158 e. The third-order valence-electron chi connectivity index (χ3n) is 5.60. The Kier molecular flexibility index (Phi) is 5.64. The summed E-state index contributed by atoms with van der Waals surface area (Å²) in [7, 11) is 2.18. The van der Waals surface area contributed by atoms with E-state index in [4.69, 9.17) is 4.84 Å². The second-order valence-electron chi connectivity index (χ2n) is 7.98. The van der Waals surface area contributed by atoms with Crippen molar-refractivity contribution in [1.29, 1.82) is 0 Å². The standard InChI is InChI=1S/C21H30N6O/c1-16(2)19-8-13-28-27(19)21-14-20(22-15-23-21)24-17-4-6-18(7-5-17)26-11-9-25(3)10-12-26/h4-7,14-16,19H,8-13H2,1-3H3,(H,22,23,24)/t19-/m0/s1. The Morgan fingerprint density at radius 1 is 1.07 bits per heavy atom. The highest BCUT2D eigenvalue weighted by atomic mass is 16.7. The molecule has 0 saturated carbocycles. The number of benzene rings is 1. The maximum absolute atomic E-state index is 5.81. The van der Waals surface area contributed by atoms with Crippen LogP contribution in [0.4, 0.5) is 23.0 Å². The summed E-state index contributed by atoms with van der Waals surface area (Å²) in [6.45, 7) is 9.54. The van der Waals surface area contributed by atoms with Gasteiger partial charge in [0.1, 0.15) is 12.1 Å². The average molecular weight is 383 g/mol. The van der Waals surface area contributed by atoms with Gasteiger partial charge in [0, 0.05) is 43.6 Å². The van der Waals surface area contributed by atoms with Gasteiger partial charge in [-0.05, 0) is 43.7 Å². The Morgan fingerprint density at radius 3 is 2.54 bits per heavy atom. The van der Waals surface area contributed by atoms with Crippen molar-refractivity contribution in [3.8, 4) is 0 Å². The smallest absolute Gasteiger partial charge is 0.158 e. The monoisotopic (exact) mass is 382 g/mol. The summed E-state index contributed by atoms with van der Waals surface area (Å²) in [4.78, 5) is 19.4. The summed E-state index contributed by atoms with van der Waals surface area (Å²) in [5.41, 5.74) is 2.29. The second kappa shape index (κ2) is 8.32. The number of nitrogens with zero attached hydrogens (tertiary/aromatic N) is 5. The molecule has 2 aromatic rings. The lowest BCUT2D eigenvalue weighted by Crippen LogP contribution is -2.44. The highest BCUT2D eigenvalue weighted by Gasteiger charge is 2.30. The Balaban J connectivity index is 1.43. The van der Waals surface area contributed by atoms with Gasteiger partial charge >= 0.3 is 0 Å². The molecule has 150 valence electrons. The van der Waals surface area contributed by atoms with Gasteiger partial charge in [0.05, 0.1) is 12.6 Å². The fraction of sp³-hybridized carbons (Fsp3) is 0.524. The predicted octanol–water partition coefficient (Wildman–Crippen LogP) is 3.14. The molecule has 0 aliphatic carbocycles. The number of rotatable bonds is 5. The molecule has 3 heterocycles. The number of nitrogens with one attached hydrogen (secondary N) is 1. The molecule has 2 aliphatic heterocycles. The molecule has 0 bridgehead atoms. The van der Waals surface area contributed by atoms with Crippen LogP contribution in [0.15, 0.2) is 36.7 Å². The third kappa shape index (κ3) is 4.20. The lowest BCUT2D eigenvalue weighted by atomic mass is 10.0. The number of hydrogen-bond donors (Lipinski definition) is 1. The molecule has 1 aromatic carbocycles. The van der Waals surface area contributed by atoms with Gasteiger partial charge in [-0.15, -0.1) is 0 Å². The normalized spacial score (nSPS) is 20.8. The first-order valence-corrected chi connectivity index (χ1v) is 10.1. The molecule has 7 heteroatoms. The number of hydrogen-bond acceptors (Lipinski definition) is 7. The molecule has 0 amide bonds. The van der Waals surface area contributed by atoms with Gasteiger partial charge in [0.15, 0.2) is 5.82 Å². The molecule has 2 saturated heterocycles. The van der Waals surface area contributed by atoms with Gasteiger partial charge in [-0.2, -0.15) is 0 Å². The van der Waals surface area contributed by atoms with Crippen LogP contribution in [0.25, 0.3) is 0 Å². The van der Waals surface area contributed by atoms with Crippen molar-refractivity contribution in [3.63, 3.8) is 0 Å². The summed E-state index contributed by atoms with van der Waals surface area (Å²) >= 11 is 0. The van der Waals surface area contributed by atoms with Crippen molar-refractivity contribution in [2.75, 3.05) is 55.1 Å². The lowest BCUT2D eigenvalue weighted by molar-refractivity contribution is 0.150. The van der Waals surface area contributed by atoms with Crippen LogP contribution in [0.2, 0.25) is 0 Å². The Bertz CT molecular complexity index is 773. The topological polar surface area (TPSA) is 56.8 Å². The molecule has 28 heavy (non-hydrogen) atoms. The van der Waals surface area contributed by atoms with E-state index >= 15 is 0 Å². The maximum atomic E-state index is 5.81. The zero-order valence-electron chi connectivity index (χ0n) is 17.0. The predicted molar refractivity (Wildman–Crippen MR) is 113 cm³/mol. The molecule has 7 nitrogen and oxygen atoms in total. The van der Waals surface area contributed by atoms with Crippen LogP contribution in [-0.2, 0) is 4.84 Å². The lowest BCUT2D eigenvalue weighted by Gasteiger charge is -2.34. The molecule has 1 aromatic heterocycles. The summed E-state index contributed by atoms with van der Waals surface area (Å²) in [5, 5.41) is 5.33. The van der Waals surface area contributed by atoms with Crippen LogP contribution in [0.1, 0.15) is 20.3 Å². The van der Waals surface area contributed by atoms with Crippen molar-refractivity contribution in [3.05, 3.63) is 36.7 Å². The molecule has 4 rings (SSSR count). The summed E-state index contributed by atoms with van der Waals surface area (Å²) in [6.07, 6.45) is 2.62. The Labute approximate surface area is 167 Å². The molecule has 2 fully saturated rings. The Hall–Kier alpha value is -2.38. The molecule has 0 unspecified atom stereocenters. The number of hydroxylamine groups is 1. The van der Waals surface area contributed by atoms with Gasteiger partial charge in [0.25, 0.3) is 0 Å². The number of likely N-dealkylation sites (N-methyl/N-ethyl adjacent to an activating group) is 1. The molecular formula is C21H30N6O. The van der Waals surface area contributed by atoms with Crippen LogP contribution in [0.5, 0.6) is 0 Å². The SMILES string of the molecule is CC(C)[C@@H]1CCON1c1cc(Nc2ccc(N3CCN(C)CC3)cc2)ncn1. The Morgan fingerprint density at radius 2 is 1.82 bits per heavy atom. The first kappa shape index (κ1) is 19.0. The summed E-state index contributed by atoms with van der Waals surface area (Å²) < 4.78 is 0. The first-order chi connectivity index (χ1) is 13.6. The number of aromatic nitrogens is 2. The van der Waals surface area contributed by atoms with Crippen molar-refractivity contribution in [1.82, 2.24) is 14.9 Å². The van der Waals surface area contributed by atoms with Crippen molar-refractivity contribution in [2.24, 2.45) is 5.92 Å². The zero-order valence-corrected chi connectivity index (χ0v) is 17.0. The molecule has 0 spiro atoms. The highest BCUT2D eigenvalue weighted by molar-refractivity contribution is 5.62. The van der Waals surface area contributed by atoms with Crippen LogP contribution >= 0.6 is 0 Å². The minimum Gasteiger partial charge on any atom is -0.369 e. The van der Waals surface area contributed by atoms with Gasteiger partial charge in [0.2, 0.25) is 0 Å². The number of anilines is 4. The van der Waals surface area contributed by atoms with Crippen LogP contribution < -0.4 is 15.3 Å². The van der Waals surface area contributed by atoms with E-state index in [9.17, 15) is 0 Å². The molecular weight excluding hydrogens is 352 g/mol. The largest absolute Gasteiger partial charge is 0.369 e. The fourth-order valence-electron chi connectivity index (χ4n) is 3.83. The van der Waals surface area contributed by atoms with Crippen molar-refractivity contribution >= 4 is 23.0 Å². The van der Waals surface area contributed by atoms with Crippen LogP contribution in [0.3, 0.4) is 0 Å². The second-order valence-corrected chi connectivity index (χ2v) is 7.98. The zero-order chi connectivity index (χ0) is 19.5. The van der Waals surface area contributed by atoms with E-state index in [1.165, 1.54) is 5.69 Å². The van der Waals surface area contributed by atoms with E-state index in [0.717, 1.165) is 56.5 Å². The van der Waals surface area contributed by atoms with E-state index in [-0.39, 0.29) is 0 Å². The van der Waals surface area contributed by atoms with Gasteiger partial charge in [-0.3, -0.25) is 4.84 Å². The van der Waals surface area contributed by atoms with Gasteiger partial charge in [-0.1, -0.05) is 13.8 Å². The highest BCUT2D eigenvalue weighted by Crippen LogP contribution is 2.28.